The second-order valence-corrected chi connectivity index (χ2v) is 4.30. The van der Waals surface area contributed by atoms with E-state index < -0.39 is 17.7 Å². The summed E-state index contributed by atoms with van der Waals surface area (Å²) in [5.74, 6) is 3.33. The minimum atomic E-state index is -0.526. The Hall–Kier alpha value is -2.41. The normalized spacial score (nSPS) is 18.5. The largest absolute Gasteiger partial charge is 0.369 e. The van der Waals surface area contributed by atoms with Gasteiger partial charge < -0.3 is 10.6 Å². The lowest BCUT2D eigenvalue weighted by Gasteiger charge is -2.19. The molecular formula is C12H14N4O3. The predicted octanol–water partition coefficient (Wildman–Crippen LogP) is -0.872. The predicted molar refractivity (Wildman–Crippen MR) is 67.8 cm³/mol. The first-order valence-electron chi connectivity index (χ1n) is 5.74. The number of anilines is 1. The van der Waals surface area contributed by atoms with Gasteiger partial charge in [0.15, 0.2) is 0 Å². The van der Waals surface area contributed by atoms with Crippen LogP contribution in [0, 0.1) is 5.92 Å². The molecule has 1 aromatic rings. The Labute approximate surface area is 109 Å². The molecule has 7 nitrogen and oxygen atoms in total. The number of primary amides is 1. The van der Waals surface area contributed by atoms with E-state index in [1.807, 2.05) is 5.43 Å². The molecule has 1 saturated heterocycles. The summed E-state index contributed by atoms with van der Waals surface area (Å²) < 4.78 is 0. The van der Waals surface area contributed by atoms with Crippen LogP contribution < -0.4 is 21.9 Å². The highest BCUT2D eigenvalue weighted by molar-refractivity contribution is 6.06. The van der Waals surface area contributed by atoms with E-state index in [0.717, 1.165) is 0 Å². The van der Waals surface area contributed by atoms with Crippen molar-refractivity contribution in [2.24, 2.45) is 17.5 Å². The van der Waals surface area contributed by atoms with Crippen molar-refractivity contribution in [1.29, 1.82) is 0 Å². The maximum Gasteiger partial charge on any atom is 0.267 e. The van der Waals surface area contributed by atoms with Crippen LogP contribution in [-0.4, -0.2) is 24.3 Å². The third-order valence-corrected chi connectivity index (χ3v) is 3.10. The Morgan fingerprint density at radius 3 is 2.58 bits per heavy atom. The molecule has 3 amide bonds. The van der Waals surface area contributed by atoms with E-state index in [1.165, 1.54) is 4.90 Å². The lowest BCUT2D eigenvalue weighted by atomic mass is 10.1. The number of nitrogen functional groups attached to an aromatic ring is 1. The highest BCUT2D eigenvalue weighted by Gasteiger charge is 2.35. The second-order valence-electron chi connectivity index (χ2n) is 4.30. The van der Waals surface area contributed by atoms with Gasteiger partial charge in [-0.2, -0.15) is 0 Å². The van der Waals surface area contributed by atoms with Crippen LogP contribution in [0.1, 0.15) is 16.8 Å². The zero-order chi connectivity index (χ0) is 14.0. The standard InChI is InChI=1S/C12H14N4O3/c13-11(18)7-5-10(17)16(6-7)9-4-2-1-3-8(9)12(19)15-14/h1-4,7H,5-6,14H2,(H2,13,18)(H,15,19). The zero-order valence-corrected chi connectivity index (χ0v) is 10.1. The summed E-state index contributed by atoms with van der Waals surface area (Å²) in [4.78, 5) is 36.1. The van der Waals surface area contributed by atoms with Gasteiger partial charge in [0.05, 0.1) is 17.2 Å². The molecule has 100 valence electrons. The molecule has 1 unspecified atom stereocenters. The fourth-order valence-electron chi connectivity index (χ4n) is 2.11. The van der Waals surface area contributed by atoms with Gasteiger partial charge in [-0.05, 0) is 12.1 Å². The summed E-state index contributed by atoms with van der Waals surface area (Å²) in [6, 6.07) is 6.56. The first-order valence-corrected chi connectivity index (χ1v) is 5.74. The van der Waals surface area contributed by atoms with Crippen LogP contribution in [0.3, 0.4) is 0 Å². The Bertz CT molecular complexity index is 544. The van der Waals surface area contributed by atoms with Gasteiger partial charge in [0.2, 0.25) is 11.8 Å². The summed E-state index contributed by atoms with van der Waals surface area (Å²) in [6.07, 6.45) is 0.0634. The van der Waals surface area contributed by atoms with Crippen molar-refractivity contribution >= 4 is 23.4 Å². The molecule has 1 atom stereocenters. The maximum atomic E-state index is 11.9. The minimum Gasteiger partial charge on any atom is -0.369 e. The van der Waals surface area contributed by atoms with Crippen LogP contribution in [0.4, 0.5) is 5.69 Å². The second kappa shape index (κ2) is 5.07. The summed E-state index contributed by atoms with van der Waals surface area (Å²) in [5.41, 5.74) is 7.94. The van der Waals surface area contributed by atoms with Crippen LogP contribution in [0.2, 0.25) is 0 Å². The number of carbonyl (C=O) groups excluding carboxylic acids is 3. The molecule has 0 bridgehead atoms. The van der Waals surface area contributed by atoms with E-state index in [1.54, 1.807) is 24.3 Å². The number of amides is 3. The van der Waals surface area contributed by atoms with Crippen molar-refractivity contribution in [3.05, 3.63) is 29.8 Å². The first kappa shape index (κ1) is 13.0. The Kier molecular flexibility index (Phi) is 3.48. The molecule has 1 heterocycles. The summed E-state index contributed by atoms with van der Waals surface area (Å²) in [6.45, 7) is 0.184. The highest BCUT2D eigenvalue weighted by atomic mass is 16.2. The average Bonchev–Trinajstić information content (AvgIpc) is 2.80. The topological polar surface area (TPSA) is 119 Å². The molecule has 7 heteroatoms. The number of para-hydroxylation sites is 1. The van der Waals surface area contributed by atoms with Gasteiger partial charge in [0.25, 0.3) is 5.91 Å². The molecule has 5 N–H and O–H groups in total. The van der Waals surface area contributed by atoms with Crippen LogP contribution in [0.5, 0.6) is 0 Å². The smallest absolute Gasteiger partial charge is 0.267 e. The van der Waals surface area contributed by atoms with E-state index in [4.69, 9.17) is 11.6 Å². The molecular weight excluding hydrogens is 248 g/mol. The quantitative estimate of drug-likeness (QED) is 0.372. The Balaban J connectivity index is 2.35. The number of carbonyl (C=O) groups is 3. The van der Waals surface area contributed by atoms with Crippen LogP contribution in [0.15, 0.2) is 24.3 Å². The van der Waals surface area contributed by atoms with Crippen molar-refractivity contribution in [2.75, 3.05) is 11.4 Å². The van der Waals surface area contributed by atoms with Crippen molar-refractivity contribution in [3.63, 3.8) is 0 Å². The van der Waals surface area contributed by atoms with E-state index in [9.17, 15) is 14.4 Å². The highest BCUT2D eigenvalue weighted by Crippen LogP contribution is 2.27. The summed E-state index contributed by atoms with van der Waals surface area (Å²) in [5, 5.41) is 0. The number of hydrazine groups is 1. The van der Waals surface area contributed by atoms with Gasteiger partial charge in [-0.1, -0.05) is 12.1 Å². The molecule has 0 aromatic heterocycles. The lowest BCUT2D eigenvalue weighted by molar-refractivity contribution is -0.123. The molecule has 0 saturated carbocycles. The van der Waals surface area contributed by atoms with Crippen molar-refractivity contribution < 1.29 is 14.4 Å². The van der Waals surface area contributed by atoms with Crippen molar-refractivity contribution in [1.82, 2.24) is 5.43 Å². The van der Waals surface area contributed by atoms with E-state index in [2.05, 4.69) is 0 Å². The zero-order valence-electron chi connectivity index (χ0n) is 10.1. The minimum absolute atomic E-state index is 0.0634. The number of nitrogens with zero attached hydrogens (tertiary/aromatic N) is 1. The third-order valence-electron chi connectivity index (χ3n) is 3.10. The lowest BCUT2D eigenvalue weighted by Crippen LogP contribution is -2.34. The number of nitrogens with one attached hydrogen (secondary N) is 1. The van der Waals surface area contributed by atoms with Crippen LogP contribution in [0.25, 0.3) is 0 Å². The molecule has 19 heavy (non-hydrogen) atoms. The molecule has 0 aliphatic carbocycles. The molecule has 1 fully saturated rings. The number of hydrogen-bond donors (Lipinski definition) is 3. The average molecular weight is 262 g/mol. The SMILES string of the molecule is NNC(=O)c1ccccc1N1CC(C(N)=O)CC1=O. The summed E-state index contributed by atoms with van der Waals surface area (Å²) >= 11 is 0. The number of hydrogen-bond acceptors (Lipinski definition) is 4. The number of benzene rings is 1. The molecule has 1 aliphatic heterocycles. The fourth-order valence-corrected chi connectivity index (χ4v) is 2.11. The fraction of sp³-hybridized carbons (Fsp3) is 0.250. The third kappa shape index (κ3) is 2.41. The van der Waals surface area contributed by atoms with Gasteiger partial charge in [-0.25, -0.2) is 5.84 Å². The van der Waals surface area contributed by atoms with E-state index in [0.29, 0.717) is 5.69 Å². The maximum absolute atomic E-state index is 11.9. The Morgan fingerprint density at radius 2 is 2.00 bits per heavy atom. The molecule has 0 spiro atoms. The van der Waals surface area contributed by atoms with Gasteiger partial charge in [-0.15, -0.1) is 0 Å². The monoisotopic (exact) mass is 262 g/mol. The molecule has 2 rings (SSSR count). The number of rotatable bonds is 3. The van der Waals surface area contributed by atoms with Gasteiger partial charge in [0, 0.05) is 13.0 Å². The van der Waals surface area contributed by atoms with Crippen LogP contribution in [-0.2, 0) is 9.59 Å². The van der Waals surface area contributed by atoms with Crippen LogP contribution >= 0.6 is 0 Å². The van der Waals surface area contributed by atoms with E-state index >= 15 is 0 Å². The number of nitrogens with two attached hydrogens (primary N) is 2. The van der Waals surface area contributed by atoms with Gasteiger partial charge in [0.1, 0.15) is 0 Å². The summed E-state index contributed by atoms with van der Waals surface area (Å²) in [7, 11) is 0. The molecule has 1 aliphatic rings. The molecule has 1 aromatic carbocycles. The van der Waals surface area contributed by atoms with Gasteiger partial charge in [-0.3, -0.25) is 19.8 Å². The van der Waals surface area contributed by atoms with Crippen molar-refractivity contribution in [2.45, 2.75) is 6.42 Å². The molecule has 0 radical (unpaired) electrons. The van der Waals surface area contributed by atoms with Gasteiger partial charge >= 0.3 is 0 Å². The Morgan fingerprint density at radius 1 is 1.32 bits per heavy atom. The van der Waals surface area contributed by atoms with E-state index in [-0.39, 0.29) is 24.4 Å². The van der Waals surface area contributed by atoms with Crippen molar-refractivity contribution in [3.8, 4) is 0 Å². The first-order chi connectivity index (χ1) is 9.04.